The van der Waals surface area contributed by atoms with Gasteiger partial charge in [-0.1, -0.05) is 31.0 Å². The summed E-state index contributed by atoms with van der Waals surface area (Å²) >= 11 is 0. The number of carbonyl (C=O) groups excluding carboxylic acids is 2. The molecule has 1 aliphatic heterocycles. The molecule has 0 spiro atoms. The highest BCUT2D eigenvalue weighted by atomic mass is 19.4. The third-order valence-electron chi connectivity index (χ3n) is 5.28. The van der Waals surface area contributed by atoms with Crippen LogP contribution in [0.25, 0.3) is 5.70 Å². The van der Waals surface area contributed by atoms with Gasteiger partial charge in [0.2, 0.25) is 11.8 Å². The average molecular weight is 396 g/mol. The van der Waals surface area contributed by atoms with Crippen molar-refractivity contribution in [3.8, 4) is 0 Å². The van der Waals surface area contributed by atoms with Gasteiger partial charge < -0.3 is 15.7 Å². The van der Waals surface area contributed by atoms with Crippen LogP contribution in [-0.4, -0.2) is 29.1 Å². The van der Waals surface area contributed by atoms with Crippen LogP contribution in [-0.2, 0) is 9.59 Å². The van der Waals surface area contributed by atoms with Crippen LogP contribution in [0, 0.1) is 12.8 Å². The molecule has 28 heavy (non-hydrogen) atoms. The second-order valence-electron chi connectivity index (χ2n) is 7.37. The van der Waals surface area contributed by atoms with E-state index in [0.717, 1.165) is 12.0 Å². The van der Waals surface area contributed by atoms with Gasteiger partial charge in [-0.3, -0.25) is 9.59 Å². The van der Waals surface area contributed by atoms with Gasteiger partial charge >= 0.3 is 6.18 Å². The molecule has 2 amide bonds. The molecule has 1 saturated heterocycles. The van der Waals surface area contributed by atoms with E-state index in [2.05, 4.69) is 5.32 Å². The molecule has 8 heteroatoms. The predicted octanol–water partition coefficient (Wildman–Crippen LogP) is 3.13. The van der Waals surface area contributed by atoms with Crippen molar-refractivity contribution in [3.05, 3.63) is 40.5 Å². The minimum absolute atomic E-state index is 0.179. The van der Waals surface area contributed by atoms with Gasteiger partial charge in [0.15, 0.2) is 0 Å². The molecule has 2 aliphatic rings. The number of amides is 2. The lowest BCUT2D eigenvalue weighted by atomic mass is 9.92. The SMILES string of the molecule is CCCC1=C(NC(=O)C2CCC(C(F)(F)F)NC2=O)c2cc(C)ccc2C1O. The zero-order valence-electron chi connectivity index (χ0n) is 15.7. The smallest absolute Gasteiger partial charge is 0.384 e. The summed E-state index contributed by atoms with van der Waals surface area (Å²) in [7, 11) is 0. The first-order chi connectivity index (χ1) is 13.1. The molecule has 1 aromatic rings. The topological polar surface area (TPSA) is 78.4 Å². The van der Waals surface area contributed by atoms with Crippen molar-refractivity contribution in [1.82, 2.24) is 10.6 Å². The Balaban J connectivity index is 1.83. The van der Waals surface area contributed by atoms with E-state index in [-0.39, 0.29) is 12.8 Å². The third kappa shape index (κ3) is 3.78. The van der Waals surface area contributed by atoms with E-state index < -0.39 is 36.1 Å². The van der Waals surface area contributed by atoms with E-state index in [1.807, 2.05) is 31.3 Å². The molecule has 3 unspecified atom stereocenters. The molecule has 0 saturated carbocycles. The molecule has 1 aliphatic carbocycles. The number of hydrogen-bond donors (Lipinski definition) is 3. The van der Waals surface area contributed by atoms with Crippen molar-refractivity contribution >= 4 is 17.5 Å². The number of rotatable bonds is 4. The van der Waals surface area contributed by atoms with Crippen LogP contribution in [0.4, 0.5) is 13.2 Å². The Morgan fingerprint density at radius 3 is 2.64 bits per heavy atom. The lowest BCUT2D eigenvalue weighted by Crippen LogP contribution is -2.54. The number of carbonyl (C=O) groups is 2. The van der Waals surface area contributed by atoms with E-state index in [0.29, 0.717) is 28.8 Å². The van der Waals surface area contributed by atoms with Crippen molar-refractivity contribution in [2.45, 2.75) is 57.9 Å². The van der Waals surface area contributed by atoms with E-state index in [1.165, 1.54) is 0 Å². The fourth-order valence-corrected chi connectivity index (χ4v) is 3.82. The number of aryl methyl sites for hydroxylation is 1. The Kier molecular flexibility index (Phi) is 5.52. The largest absolute Gasteiger partial charge is 0.408 e. The van der Waals surface area contributed by atoms with E-state index >= 15 is 0 Å². The maximum Gasteiger partial charge on any atom is 0.408 e. The number of benzene rings is 1. The monoisotopic (exact) mass is 396 g/mol. The summed E-state index contributed by atoms with van der Waals surface area (Å²) in [6, 6.07) is 3.58. The molecule has 1 fully saturated rings. The number of halogens is 3. The summed E-state index contributed by atoms with van der Waals surface area (Å²) in [5, 5.41) is 15.2. The van der Waals surface area contributed by atoms with Crippen molar-refractivity contribution in [3.63, 3.8) is 0 Å². The molecule has 5 nitrogen and oxygen atoms in total. The van der Waals surface area contributed by atoms with E-state index in [1.54, 1.807) is 6.07 Å². The fraction of sp³-hybridized carbons (Fsp3) is 0.500. The third-order valence-corrected chi connectivity index (χ3v) is 5.28. The summed E-state index contributed by atoms with van der Waals surface area (Å²) in [4.78, 5) is 24.8. The molecule has 0 radical (unpaired) electrons. The van der Waals surface area contributed by atoms with Crippen LogP contribution in [0.15, 0.2) is 23.8 Å². The van der Waals surface area contributed by atoms with Gasteiger partial charge in [-0.05, 0) is 43.4 Å². The highest BCUT2D eigenvalue weighted by Gasteiger charge is 2.46. The maximum atomic E-state index is 12.8. The van der Waals surface area contributed by atoms with Crippen LogP contribution in [0.2, 0.25) is 0 Å². The summed E-state index contributed by atoms with van der Waals surface area (Å²) in [6.45, 7) is 3.83. The second kappa shape index (κ2) is 7.58. The minimum Gasteiger partial charge on any atom is -0.384 e. The Morgan fingerprint density at radius 1 is 1.32 bits per heavy atom. The van der Waals surface area contributed by atoms with Gasteiger partial charge in [0, 0.05) is 5.56 Å². The first kappa shape index (κ1) is 20.4. The Bertz CT molecular complexity index is 832. The molecule has 3 N–H and O–H groups in total. The minimum atomic E-state index is -4.53. The van der Waals surface area contributed by atoms with Crippen LogP contribution in [0.3, 0.4) is 0 Å². The number of piperidine rings is 1. The van der Waals surface area contributed by atoms with Crippen molar-refractivity contribution < 1.29 is 27.9 Å². The van der Waals surface area contributed by atoms with Crippen LogP contribution in [0.1, 0.15) is 55.4 Å². The number of hydrogen-bond acceptors (Lipinski definition) is 3. The van der Waals surface area contributed by atoms with E-state index in [4.69, 9.17) is 0 Å². The quantitative estimate of drug-likeness (QED) is 0.685. The molecule has 0 aromatic heterocycles. The molecule has 3 atom stereocenters. The molecule has 0 bridgehead atoms. The molecule has 152 valence electrons. The van der Waals surface area contributed by atoms with Crippen LogP contribution >= 0.6 is 0 Å². The molecule has 3 rings (SSSR count). The Labute approximate surface area is 161 Å². The lowest BCUT2D eigenvalue weighted by Gasteiger charge is -2.30. The van der Waals surface area contributed by atoms with Gasteiger partial charge in [-0.2, -0.15) is 13.2 Å². The number of aliphatic hydroxyl groups excluding tert-OH is 1. The summed E-state index contributed by atoms with van der Waals surface area (Å²) in [5.74, 6) is -2.77. The van der Waals surface area contributed by atoms with Gasteiger partial charge in [0.05, 0.1) is 5.70 Å². The fourth-order valence-electron chi connectivity index (χ4n) is 3.82. The Morgan fingerprint density at radius 2 is 2.04 bits per heavy atom. The average Bonchev–Trinajstić information content (AvgIpc) is 2.86. The zero-order valence-corrected chi connectivity index (χ0v) is 15.7. The zero-order chi connectivity index (χ0) is 20.6. The van der Waals surface area contributed by atoms with Crippen molar-refractivity contribution in [1.29, 1.82) is 0 Å². The van der Waals surface area contributed by atoms with Gasteiger partial charge in [-0.15, -0.1) is 0 Å². The normalized spacial score (nSPS) is 24.8. The van der Waals surface area contributed by atoms with Gasteiger partial charge in [0.1, 0.15) is 18.1 Å². The first-order valence-electron chi connectivity index (χ1n) is 9.33. The molecule has 1 heterocycles. The van der Waals surface area contributed by atoms with Crippen molar-refractivity contribution in [2.75, 3.05) is 0 Å². The molecule has 1 aromatic carbocycles. The standard InChI is InChI=1S/C20H23F3N2O3/c1-3-4-12-16(14-9-10(2)5-6-11(14)17(12)26)25-19(28)13-7-8-15(20(21,22)23)24-18(13)27/h5-6,9,13,15,17,26H,3-4,7-8H2,1-2H3,(H,24,27)(H,25,28). The highest BCUT2D eigenvalue weighted by molar-refractivity contribution is 6.04. The van der Waals surface area contributed by atoms with Gasteiger partial charge in [-0.25, -0.2) is 0 Å². The number of fused-ring (bicyclic) bond motifs is 1. The number of nitrogens with one attached hydrogen (secondary N) is 2. The predicted molar refractivity (Wildman–Crippen MR) is 96.8 cm³/mol. The summed E-state index contributed by atoms with van der Waals surface area (Å²) in [5.41, 5.74) is 3.42. The molecular formula is C20H23F3N2O3. The van der Waals surface area contributed by atoms with Crippen LogP contribution < -0.4 is 10.6 Å². The number of alkyl halides is 3. The van der Waals surface area contributed by atoms with Crippen LogP contribution in [0.5, 0.6) is 0 Å². The summed E-state index contributed by atoms with van der Waals surface area (Å²) in [6.07, 6.45) is -4.60. The summed E-state index contributed by atoms with van der Waals surface area (Å²) < 4.78 is 38.4. The second-order valence-corrected chi connectivity index (χ2v) is 7.37. The lowest BCUT2D eigenvalue weighted by molar-refractivity contribution is -0.171. The van der Waals surface area contributed by atoms with E-state index in [9.17, 15) is 27.9 Å². The van der Waals surface area contributed by atoms with Gasteiger partial charge in [0.25, 0.3) is 0 Å². The highest BCUT2D eigenvalue weighted by Crippen LogP contribution is 2.41. The Hall–Kier alpha value is -2.35. The number of aliphatic hydroxyl groups is 1. The van der Waals surface area contributed by atoms with Crippen molar-refractivity contribution in [2.24, 2.45) is 5.92 Å². The first-order valence-corrected chi connectivity index (χ1v) is 9.33. The maximum absolute atomic E-state index is 12.8. The molecular weight excluding hydrogens is 373 g/mol.